The molecule has 0 unspecified atom stereocenters. The van der Waals surface area contributed by atoms with Crippen LogP contribution in [0.25, 0.3) is 285 Å². The van der Waals surface area contributed by atoms with Crippen molar-refractivity contribution in [2.75, 3.05) is 0 Å². The number of rotatable bonds is 10. The summed E-state index contributed by atoms with van der Waals surface area (Å²) in [6.45, 7) is 0. The first-order valence-corrected chi connectivity index (χ1v) is 45.3. The maximum Gasteiger partial charge on any atom is 0.147 e. The highest BCUT2D eigenvalue weighted by Gasteiger charge is 2.28. The van der Waals surface area contributed by atoms with E-state index in [1.54, 1.807) is 0 Å². The van der Waals surface area contributed by atoms with E-state index in [0.29, 0.717) is 0 Å². The van der Waals surface area contributed by atoms with Gasteiger partial charge in [0, 0.05) is 43.1 Å². The van der Waals surface area contributed by atoms with Crippen LogP contribution in [0.5, 0.6) is 0 Å². The zero-order valence-electron chi connectivity index (χ0n) is 71.5. The monoisotopic (exact) mass is 1680 g/mol. The lowest BCUT2D eigenvalue weighted by atomic mass is 9.83. The van der Waals surface area contributed by atoms with Gasteiger partial charge in [-0.25, -0.2) is 0 Å². The summed E-state index contributed by atoms with van der Waals surface area (Å²) in [6, 6.07) is 167. The van der Waals surface area contributed by atoms with Crippen molar-refractivity contribution in [3.05, 3.63) is 461 Å². The Morgan fingerprint density at radius 2 is 0.311 bits per heavy atom. The van der Waals surface area contributed by atoms with Gasteiger partial charge in [-0.2, -0.15) is 0 Å². The molecule has 0 aliphatic carbocycles. The number of para-hydroxylation sites is 4. The number of benzene rings is 24. The van der Waals surface area contributed by atoms with Crippen LogP contribution < -0.4 is 0 Å². The molecule has 0 aliphatic heterocycles. The maximum absolute atomic E-state index is 6.85. The number of furan rings is 4. The first kappa shape index (κ1) is 74.8. The number of hydrogen-bond donors (Lipinski definition) is 0. The molecule has 0 saturated carbocycles. The van der Waals surface area contributed by atoms with Gasteiger partial charge >= 0.3 is 0 Å². The van der Waals surface area contributed by atoms with Gasteiger partial charge in [0.25, 0.3) is 0 Å². The molecule has 0 bridgehead atoms. The summed E-state index contributed by atoms with van der Waals surface area (Å²) < 4.78 is 27.4. The predicted octanol–water partition coefficient (Wildman–Crippen LogP) is 36.9. The number of fused-ring (bicyclic) bond motifs is 20. The molecule has 24 aromatic carbocycles. The molecule has 28 aromatic rings. The molecule has 0 N–H and O–H groups in total. The molecule has 0 radical (unpaired) electrons. The van der Waals surface area contributed by atoms with Gasteiger partial charge in [-0.1, -0.05) is 376 Å². The Hall–Kier alpha value is -17.4. The van der Waals surface area contributed by atoms with Gasteiger partial charge in [0.2, 0.25) is 0 Å². The molecule has 0 amide bonds. The molecule has 4 heteroatoms. The Balaban J connectivity index is 0.000000135. The average molecular weight is 1680 g/mol. The normalized spacial score (nSPS) is 11.9. The standard InChI is InChI=1S/2C64H38O2/c1-3-15-41-33-45(29-27-39(41)13-1)43-17-11-19-47(35-43)60-52-23-5-6-24-53(52)61(48-20-12-18-44(36-48)46-30-28-40-14-2-4-16-42(40)34-46)55-37-49(31-32-54(55)60)62-63-56(50-21-7-9-25-58(50)65-63)38-57-51-22-8-10-26-59(51)66-64(57)62;1-3-13-45-35-47(31-25-39(45)11-1)41-21-27-43(28-22-41)60-52-17-5-6-18-53(52)61(44-29-23-42(24-30-44)48-32-26-40-12-2-4-14-46(40)36-48)55-37-49(33-34-54(55)60)62-63-56(50-15-7-9-19-58(50)65-63)38-57-51-16-8-10-20-59(51)66-64(57)62/h2*1-38H. The Morgan fingerprint density at radius 3 is 0.636 bits per heavy atom. The molecule has 0 saturated heterocycles. The summed E-state index contributed by atoms with van der Waals surface area (Å²) in [7, 11) is 0. The maximum atomic E-state index is 6.85. The van der Waals surface area contributed by atoms with Crippen LogP contribution in [0.15, 0.2) is 479 Å². The fraction of sp³-hybridized carbons (Fsp3) is 0. The molecule has 0 atom stereocenters. The van der Waals surface area contributed by atoms with E-state index in [2.05, 4.69) is 437 Å². The molecular weight excluding hydrogens is 1600 g/mol. The third-order valence-electron chi connectivity index (χ3n) is 27.6. The molecule has 612 valence electrons. The van der Waals surface area contributed by atoms with Crippen molar-refractivity contribution in [3.8, 4) is 111 Å². The minimum Gasteiger partial charge on any atom is -0.455 e. The van der Waals surface area contributed by atoms with Crippen LogP contribution in [0.2, 0.25) is 0 Å². The topological polar surface area (TPSA) is 52.6 Å². The van der Waals surface area contributed by atoms with E-state index >= 15 is 0 Å². The molecule has 4 aromatic heterocycles. The molecule has 132 heavy (non-hydrogen) atoms. The van der Waals surface area contributed by atoms with Crippen LogP contribution in [0, 0.1) is 0 Å². The first-order valence-electron chi connectivity index (χ1n) is 45.3. The van der Waals surface area contributed by atoms with E-state index in [1.807, 2.05) is 24.3 Å². The van der Waals surface area contributed by atoms with E-state index in [4.69, 9.17) is 17.7 Å². The first-order chi connectivity index (χ1) is 65.4. The average Bonchev–Trinajstić information content (AvgIpc) is 1.54. The van der Waals surface area contributed by atoms with E-state index in [-0.39, 0.29) is 0 Å². The highest BCUT2D eigenvalue weighted by atomic mass is 16.4. The van der Waals surface area contributed by atoms with Crippen molar-refractivity contribution < 1.29 is 17.7 Å². The SMILES string of the molecule is c1cc(-c2ccc3ccccc3c2)cc(-c2c3ccccc3c(-c3cccc(-c4ccc5ccccc5c4)c3)c3cc(-c4c5oc6ccccc6c5cc5c4oc4ccccc45)ccc23)c1.c1ccc2cc(-c3ccc(-c4c5ccccc5c(-c5ccc(-c6ccc7ccccc7c6)cc5)c5cc(-c6c7oc8ccccc8c7cc7c6oc6ccccc67)ccc45)cc3)ccc2c1. The van der Waals surface area contributed by atoms with Crippen LogP contribution >= 0.6 is 0 Å². The Kier molecular flexibility index (Phi) is 17.1. The second-order valence-electron chi connectivity index (χ2n) is 35.1. The summed E-state index contributed by atoms with van der Waals surface area (Å²) in [5.74, 6) is 0. The van der Waals surface area contributed by atoms with Gasteiger partial charge < -0.3 is 17.7 Å². The smallest absolute Gasteiger partial charge is 0.147 e. The molecule has 4 heterocycles. The van der Waals surface area contributed by atoms with Gasteiger partial charge in [0.15, 0.2) is 0 Å². The van der Waals surface area contributed by atoms with Gasteiger partial charge in [0.05, 0.1) is 11.1 Å². The Bertz CT molecular complexity index is 9490. The number of hydrogen-bond acceptors (Lipinski definition) is 4. The van der Waals surface area contributed by atoms with Gasteiger partial charge in [-0.15, -0.1) is 0 Å². The molecule has 28 rings (SSSR count). The lowest BCUT2D eigenvalue weighted by Gasteiger charge is -2.20. The van der Waals surface area contributed by atoms with Crippen molar-refractivity contribution >= 4 is 174 Å². The third-order valence-corrected chi connectivity index (χ3v) is 27.6. The van der Waals surface area contributed by atoms with Gasteiger partial charge in [-0.05, 0) is 271 Å². The molecule has 0 aliphatic rings. The van der Waals surface area contributed by atoms with Crippen LogP contribution in [0.4, 0.5) is 0 Å². The van der Waals surface area contributed by atoms with Crippen LogP contribution in [0.1, 0.15) is 0 Å². The van der Waals surface area contributed by atoms with Crippen LogP contribution in [0.3, 0.4) is 0 Å². The van der Waals surface area contributed by atoms with Crippen molar-refractivity contribution in [1.29, 1.82) is 0 Å². The summed E-state index contributed by atoms with van der Waals surface area (Å²) in [5.41, 5.74) is 29.7. The lowest BCUT2D eigenvalue weighted by Crippen LogP contribution is -1.93. The highest BCUT2D eigenvalue weighted by molar-refractivity contribution is 6.28. The third kappa shape index (κ3) is 12.2. The Morgan fingerprint density at radius 1 is 0.0985 bits per heavy atom. The molecule has 0 fully saturated rings. The zero-order chi connectivity index (χ0) is 86.6. The van der Waals surface area contributed by atoms with E-state index in [0.717, 1.165) is 132 Å². The minimum absolute atomic E-state index is 0.825. The van der Waals surface area contributed by atoms with Crippen molar-refractivity contribution in [3.63, 3.8) is 0 Å². The summed E-state index contributed by atoms with van der Waals surface area (Å²) in [6.07, 6.45) is 0. The molecule has 0 spiro atoms. The largest absolute Gasteiger partial charge is 0.455 e. The van der Waals surface area contributed by atoms with E-state index in [1.165, 1.54) is 153 Å². The summed E-state index contributed by atoms with van der Waals surface area (Å²) >= 11 is 0. The van der Waals surface area contributed by atoms with E-state index in [9.17, 15) is 0 Å². The van der Waals surface area contributed by atoms with Gasteiger partial charge in [0.1, 0.15) is 44.7 Å². The molecular formula is C128H76O4. The minimum atomic E-state index is 0.825. The van der Waals surface area contributed by atoms with Gasteiger partial charge in [-0.3, -0.25) is 0 Å². The Labute approximate surface area is 758 Å². The second-order valence-corrected chi connectivity index (χ2v) is 35.1. The van der Waals surface area contributed by atoms with Crippen molar-refractivity contribution in [1.82, 2.24) is 0 Å². The quantitative estimate of drug-likeness (QED) is 0.128. The van der Waals surface area contributed by atoms with Crippen LogP contribution in [-0.2, 0) is 0 Å². The zero-order valence-corrected chi connectivity index (χ0v) is 71.5. The lowest BCUT2D eigenvalue weighted by molar-refractivity contribution is 0.657. The molecule has 4 nitrogen and oxygen atoms in total. The summed E-state index contributed by atoms with van der Waals surface area (Å²) in [4.78, 5) is 0. The highest BCUT2D eigenvalue weighted by Crippen LogP contribution is 2.53. The second kappa shape index (κ2) is 30.1. The van der Waals surface area contributed by atoms with Crippen molar-refractivity contribution in [2.45, 2.75) is 0 Å². The fourth-order valence-corrected chi connectivity index (χ4v) is 21.4. The fourth-order valence-electron chi connectivity index (χ4n) is 21.4. The summed E-state index contributed by atoms with van der Waals surface area (Å²) in [5, 5.41) is 28.1. The van der Waals surface area contributed by atoms with E-state index < -0.39 is 0 Å². The van der Waals surface area contributed by atoms with Crippen LogP contribution in [-0.4, -0.2) is 0 Å². The van der Waals surface area contributed by atoms with Crippen molar-refractivity contribution in [2.24, 2.45) is 0 Å². The predicted molar refractivity (Wildman–Crippen MR) is 556 cm³/mol.